The van der Waals surface area contributed by atoms with E-state index in [1.165, 1.54) is 0 Å². The molecule has 0 bridgehead atoms. The Balaban J connectivity index is 2.19. The lowest BCUT2D eigenvalue weighted by Gasteiger charge is -2.24. The first-order valence-corrected chi connectivity index (χ1v) is 7.14. The Hall–Kier alpha value is -1.94. The van der Waals surface area contributed by atoms with Crippen LogP contribution in [0.25, 0.3) is 12.2 Å². The first-order chi connectivity index (χ1) is 9.65. The average molecular weight is 329 g/mol. The summed E-state index contributed by atoms with van der Waals surface area (Å²) in [6, 6.07) is 9.95. The van der Waals surface area contributed by atoms with E-state index >= 15 is 0 Å². The van der Waals surface area contributed by atoms with Crippen molar-refractivity contribution in [3.05, 3.63) is 57.7 Å². The highest BCUT2D eigenvalue weighted by atomic mass is 79.9. The van der Waals surface area contributed by atoms with Gasteiger partial charge in [-0.2, -0.15) is 0 Å². The van der Waals surface area contributed by atoms with E-state index in [1.54, 1.807) is 18.0 Å². The van der Waals surface area contributed by atoms with Crippen molar-refractivity contribution < 1.29 is 4.79 Å². The van der Waals surface area contributed by atoms with Crippen molar-refractivity contribution >= 4 is 39.8 Å². The lowest BCUT2D eigenvalue weighted by Crippen LogP contribution is -2.30. The maximum absolute atomic E-state index is 12.0. The SMILES string of the molecule is CC(=O)N1Cc2cc(Br)ccc2/C=C\c2cccnc21. The van der Waals surface area contributed by atoms with Gasteiger partial charge in [0, 0.05) is 23.2 Å². The van der Waals surface area contributed by atoms with Crippen molar-refractivity contribution in [3.63, 3.8) is 0 Å². The number of anilines is 1. The summed E-state index contributed by atoms with van der Waals surface area (Å²) >= 11 is 3.48. The zero-order valence-electron chi connectivity index (χ0n) is 11.0. The Labute approximate surface area is 126 Å². The molecule has 3 rings (SSSR count). The van der Waals surface area contributed by atoms with Crippen LogP contribution in [0.2, 0.25) is 0 Å². The number of hydrogen-bond acceptors (Lipinski definition) is 2. The molecule has 0 fully saturated rings. The fraction of sp³-hybridized carbons (Fsp3) is 0.125. The molecule has 100 valence electrons. The third-order valence-electron chi connectivity index (χ3n) is 3.33. The van der Waals surface area contributed by atoms with E-state index in [0.29, 0.717) is 12.4 Å². The molecule has 0 spiro atoms. The molecule has 1 aliphatic heterocycles. The van der Waals surface area contributed by atoms with Crippen LogP contribution in [-0.2, 0) is 11.3 Å². The molecule has 0 unspecified atom stereocenters. The van der Waals surface area contributed by atoms with E-state index in [0.717, 1.165) is 21.2 Å². The standard InChI is InChI=1S/C16H13BrN2O/c1-11(20)19-10-14-9-15(17)7-6-12(14)4-5-13-3-2-8-18-16(13)19/h2-9H,10H2,1H3/b5-4-. The highest BCUT2D eigenvalue weighted by Gasteiger charge is 2.19. The van der Waals surface area contributed by atoms with Crippen LogP contribution < -0.4 is 4.90 Å². The predicted molar refractivity (Wildman–Crippen MR) is 84.2 cm³/mol. The predicted octanol–water partition coefficient (Wildman–Crippen LogP) is 3.88. The van der Waals surface area contributed by atoms with Gasteiger partial charge in [-0.15, -0.1) is 0 Å². The molecule has 0 atom stereocenters. The van der Waals surface area contributed by atoms with E-state index in [9.17, 15) is 4.79 Å². The van der Waals surface area contributed by atoms with Gasteiger partial charge in [-0.1, -0.05) is 34.1 Å². The monoisotopic (exact) mass is 328 g/mol. The number of carbonyl (C=O) groups excluding carboxylic acids is 1. The van der Waals surface area contributed by atoms with E-state index in [1.807, 2.05) is 30.3 Å². The van der Waals surface area contributed by atoms with Gasteiger partial charge >= 0.3 is 0 Å². The Morgan fingerprint density at radius 2 is 2.05 bits per heavy atom. The molecule has 0 saturated carbocycles. The third-order valence-corrected chi connectivity index (χ3v) is 3.82. The number of amides is 1. The van der Waals surface area contributed by atoms with Gasteiger partial charge in [0.15, 0.2) is 0 Å². The minimum atomic E-state index is -0.00817. The summed E-state index contributed by atoms with van der Waals surface area (Å²) in [5.74, 6) is 0.702. The van der Waals surface area contributed by atoms with Gasteiger partial charge < -0.3 is 0 Å². The molecular weight excluding hydrogens is 316 g/mol. The van der Waals surface area contributed by atoms with Crippen molar-refractivity contribution in [2.75, 3.05) is 4.90 Å². The van der Waals surface area contributed by atoms with Crippen LogP contribution >= 0.6 is 15.9 Å². The Bertz CT molecular complexity index is 709. The Morgan fingerprint density at radius 1 is 1.25 bits per heavy atom. The second-order valence-corrected chi connectivity index (χ2v) is 5.61. The van der Waals surface area contributed by atoms with Gasteiger partial charge in [0.1, 0.15) is 5.82 Å². The molecule has 0 saturated heterocycles. The Morgan fingerprint density at radius 3 is 2.85 bits per heavy atom. The molecule has 4 heteroatoms. The molecule has 0 radical (unpaired) electrons. The molecule has 2 heterocycles. The molecule has 1 aromatic carbocycles. The highest BCUT2D eigenvalue weighted by Crippen LogP contribution is 2.28. The lowest BCUT2D eigenvalue weighted by atomic mass is 10.0. The Kier molecular flexibility index (Phi) is 3.40. The number of nitrogens with zero attached hydrogens (tertiary/aromatic N) is 2. The number of hydrogen-bond donors (Lipinski definition) is 0. The van der Waals surface area contributed by atoms with Gasteiger partial charge in [-0.3, -0.25) is 9.69 Å². The summed E-state index contributed by atoms with van der Waals surface area (Å²) in [4.78, 5) is 18.0. The van der Waals surface area contributed by atoms with Crippen molar-refractivity contribution in [2.24, 2.45) is 0 Å². The number of pyridine rings is 1. The van der Waals surface area contributed by atoms with Crippen molar-refractivity contribution in [1.82, 2.24) is 4.98 Å². The first-order valence-electron chi connectivity index (χ1n) is 6.35. The van der Waals surface area contributed by atoms with Gasteiger partial charge in [0.2, 0.25) is 5.91 Å². The number of fused-ring (bicyclic) bond motifs is 2. The van der Waals surface area contributed by atoms with Gasteiger partial charge in [-0.05, 0) is 35.4 Å². The van der Waals surface area contributed by atoms with Crippen LogP contribution in [-0.4, -0.2) is 10.9 Å². The number of rotatable bonds is 0. The smallest absolute Gasteiger partial charge is 0.225 e. The molecule has 1 aromatic heterocycles. The van der Waals surface area contributed by atoms with Gasteiger partial charge in [-0.25, -0.2) is 4.98 Å². The van der Waals surface area contributed by atoms with E-state index in [-0.39, 0.29) is 5.91 Å². The minimum Gasteiger partial charge on any atom is -0.292 e. The van der Waals surface area contributed by atoms with Crippen LogP contribution in [0.3, 0.4) is 0 Å². The third kappa shape index (κ3) is 2.39. The molecule has 0 aliphatic carbocycles. The molecule has 3 nitrogen and oxygen atoms in total. The van der Waals surface area contributed by atoms with Crippen molar-refractivity contribution in [2.45, 2.75) is 13.5 Å². The van der Waals surface area contributed by atoms with Gasteiger partial charge in [0.25, 0.3) is 0 Å². The molecule has 0 N–H and O–H groups in total. The summed E-state index contributed by atoms with van der Waals surface area (Å²) in [7, 11) is 0. The van der Waals surface area contributed by atoms with E-state index in [2.05, 4.69) is 33.1 Å². The quantitative estimate of drug-likeness (QED) is 0.735. The van der Waals surface area contributed by atoms with Crippen molar-refractivity contribution in [3.8, 4) is 0 Å². The zero-order valence-corrected chi connectivity index (χ0v) is 12.6. The van der Waals surface area contributed by atoms with Crippen LogP contribution in [0, 0.1) is 0 Å². The van der Waals surface area contributed by atoms with Crippen LogP contribution in [0.4, 0.5) is 5.82 Å². The topological polar surface area (TPSA) is 33.2 Å². The summed E-state index contributed by atoms with van der Waals surface area (Å²) in [5.41, 5.74) is 3.17. The number of carbonyl (C=O) groups is 1. The summed E-state index contributed by atoms with van der Waals surface area (Å²) < 4.78 is 1.01. The molecule has 20 heavy (non-hydrogen) atoms. The first kappa shape index (κ1) is 13.1. The molecule has 1 aliphatic rings. The normalized spacial score (nSPS) is 14.8. The summed E-state index contributed by atoms with van der Waals surface area (Å²) in [6.07, 6.45) is 5.79. The van der Waals surface area contributed by atoms with E-state index in [4.69, 9.17) is 0 Å². The van der Waals surface area contributed by atoms with Crippen LogP contribution in [0.1, 0.15) is 23.6 Å². The highest BCUT2D eigenvalue weighted by molar-refractivity contribution is 9.10. The minimum absolute atomic E-state index is 0.00817. The molecule has 2 aromatic rings. The van der Waals surface area contributed by atoms with E-state index < -0.39 is 0 Å². The average Bonchev–Trinajstić information content (AvgIpc) is 2.41. The largest absolute Gasteiger partial charge is 0.292 e. The fourth-order valence-corrected chi connectivity index (χ4v) is 2.73. The maximum Gasteiger partial charge on any atom is 0.225 e. The lowest BCUT2D eigenvalue weighted by molar-refractivity contribution is -0.116. The molecule has 1 amide bonds. The second kappa shape index (κ2) is 5.21. The summed E-state index contributed by atoms with van der Waals surface area (Å²) in [5, 5.41) is 0. The number of benzene rings is 1. The van der Waals surface area contributed by atoms with Gasteiger partial charge in [0.05, 0.1) is 6.54 Å². The molecular formula is C16H13BrN2O. The van der Waals surface area contributed by atoms with Crippen LogP contribution in [0.15, 0.2) is 41.0 Å². The van der Waals surface area contributed by atoms with Crippen LogP contribution in [0.5, 0.6) is 0 Å². The maximum atomic E-state index is 12.0. The summed E-state index contributed by atoms with van der Waals surface area (Å²) in [6.45, 7) is 2.10. The van der Waals surface area contributed by atoms with Crippen molar-refractivity contribution in [1.29, 1.82) is 0 Å². The number of halogens is 1. The fourth-order valence-electron chi connectivity index (χ4n) is 2.32. The second-order valence-electron chi connectivity index (χ2n) is 4.70. The zero-order chi connectivity index (χ0) is 14.1. The number of aromatic nitrogens is 1.